The van der Waals surface area contributed by atoms with Crippen LogP contribution in [0.25, 0.3) is 22.1 Å². The molecule has 4 saturated heterocycles. The summed E-state index contributed by atoms with van der Waals surface area (Å²) in [4.78, 5) is 63.2. The van der Waals surface area contributed by atoms with Crippen molar-refractivity contribution < 1.29 is 46.2 Å². The number of imidazole rings is 2. The predicted molar refractivity (Wildman–Crippen MR) is 275 cm³/mol. The summed E-state index contributed by atoms with van der Waals surface area (Å²) in [6.07, 6.45) is 3.02. The summed E-state index contributed by atoms with van der Waals surface area (Å²) in [6, 6.07) is 15.5. The molecule has 7 atom stereocenters. The van der Waals surface area contributed by atoms with Crippen LogP contribution in [0.15, 0.2) is 66.7 Å². The highest BCUT2D eigenvalue weighted by atomic mass is 19.1. The second-order valence-corrected chi connectivity index (χ2v) is 20.9. The Kier molecular flexibility index (Phi) is 14.6. The number of ether oxygens (including phenoxy) is 3. The number of likely N-dealkylation sites (tertiary alicyclic amines) is 2. The molecule has 0 saturated carbocycles. The molecule has 4 aliphatic rings. The lowest BCUT2D eigenvalue weighted by Gasteiger charge is -2.37. The quantitative estimate of drug-likeness (QED) is 0.0896. The van der Waals surface area contributed by atoms with Gasteiger partial charge in [-0.05, 0) is 108 Å². The number of benzene rings is 4. The fourth-order valence-electron chi connectivity index (χ4n) is 12.2. The number of alkyl carbamates (subject to hydrolysis) is 1. The third-order valence-electron chi connectivity index (χ3n) is 16.4. The second kappa shape index (κ2) is 21.1. The number of methoxy groups -OCH3 is 3. The minimum atomic E-state index is -1.07. The van der Waals surface area contributed by atoms with E-state index in [1.54, 1.807) is 45.8 Å². The number of aromatic amines is 2. The smallest absolute Gasteiger partial charge is 0.407 e. The van der Waals surface area contributed by atoms with Gasteiger partial charge in [0, 0.05) is 69.3 Å². The summed E-state index contributed by atoms with van der Waals surface area (Å²) in [6.45, 7) is 7.16. The minimum Gasteiger partial charge on any atom is -0.453 e. The van der Waals surface area contributed by atoms with Crippen molar-refractivity contribution in [3.63, 3.8) is 0 Å². The summed E-state index contributed by atoms with van der Waals surface area (Å²) in [5.41, 5.74) is 2.25. The molecule has 398 valence electrons. The summed E-state index contributed by atoms with van der Waals surface area (Å²) < 4.78 is 83.2. The topological polar surface area (TPSA) is 161 Å². The molecule has 3 N–H and O–H groups in total. The molecule has 4 aliphatic heterocycles. The first-order valence-corrected chi connectivity index (χ1v) is 26.1. The lowest BCUT2D eigenvalue weighted by Crippen LogP contribution is -2.57. The van der Waals surface area contributed by atoms with E-state index in [2.05, 4.69) is 27.4 Å². The van der Waals surface area contributed by atoms with Crippen LogP contribution >= 0.6 is 0 Å². The second-order valence-electron chi connectivity index (χ2n) is 20.9. The van der Waals surface area contributed by atoms with Crippen LogP contribution in [0.3, 0.4) is 0 Å². The Labute approximate surface area is 433 Å². The van der Waals surface area contributed by atoms with Crippen molar-refractivity contribution in [2.24, 2.45) is 0 Å². The fourth-order valence-corrected chi connectivity index (χ4v) is 12.2. The molecular formula is C56H65F4N9O6. The number of piperidine rings is 1. The van der Waals surface area contributed by atoms with E-state index in [4.69, 9.17) is 24.2 Å². The van der Waals surface area contributed by atoms with Gasteiger partial charge in [-0.15, -0.1) is 0 Å². The number of fused-ring (bicyclic) bond motifs is 2. The van der Waals surface area contributed by atoms with Crippen LogP contribution in [0, 0.1) is 23.3 Å². The van der Waals surface area contributed by atoms with E-state index in [9.17, 15) is 14.4 Å². The fraction of sp³-hybridized carbons (Fsp3) is 0.482. The Hall–Kier alpha value is -6.73. The van der Waals surface area contributed by atoms with Crippen LogP contribution in [-0.2, 0) is 29.3 Å². The van der Waals surface area contributed by atoms with Crippen molar-refractivity contribution in [3.05, 3.63) is 118 Å². The normalized spacial score (nSPS) is 22.6. The van der Waals surface area contributed by atoms with Gasteiger partial charge >= 0.3 is 6.09 Å². The lowest BCUT2D eigenvalue weighted by molar-refractivity contribution is -0.141. The molecule has 0 unspecified atom stereocenters. The molecule has 4 fully saturated rings. The van der Waals surface area contributed by atoms with Crippen LogP contribution in [0.5, 0.6) is 0 Å². The third-order valence-corrected chi connectivity index (χ3v) is 16.4. The molecule has 75 heavy (non-hydrogen) atoms. The van der Waals surface area contributed by atoms with Crippen LogP contribution in [0.2, 0.25) is 0 Å². The highest BCUT2D eigenvalue weighted by Crippen LogP contribution is 2.50. The Morgan fingerprint density at radius 1 is 0.747 bits per heavy atom. The monoisotopic (exact) mass is 1040 g/mol. The molecule has 19 heteroatoms. The molecule has 4 aromatic carbocycles. The van der Waals surface area contributed by atoms with E-state index in [0.717, 1.165) is 6.42 Å². The number of H-pyrrole nitrogens is 2. The maximum atomic E-state index is 17.0. The van der Waals surface area contributed by atoms with E-state index < -0.39 is 65.0 Å². The van der Waals surface area contributed by atoms with E-state index in [1.807, 2.05) is 32.0 Å². The van der Waals surface area contributed by atoms with Gasteiger partial charge in [-0.3, -0.25) is 9.59 Å². The van der Waals surface area contributed by atoms with Gasteiger partial charge in [-0.1, -0.05) is 30.3 Å². The van der Waals surface area contributed by atoms with E-state index >= 15 is 17.6 Å². The zero-order valence-corrected chi connectivity index (χ0v) is 43.2. The molecule has 3 amide bonds. The molecule has 0 bridgehead atoms. The van der Waals surface area contributed by atoms with Crippen molar-refractivity contribution in [1.82, 2.24) is 35.1 Å². The first-order valence-electron chi connectivity index (χ1n) is 26.1. The summed E-state index contributed by atoms with van der Waals surface area (Å²) in [7, 11) is 4.21. The van der Waals surface area contributed by atoms with Crippen molar-refractivity contribution in [2.45, 2.75) is 126 Å². The highest BCUT2D eigenvalue weighted by molar-refractivity contribution is 5.87. The van der Waals surface area contributed by atoms with Crippen molar-refractivity contribution >= 4 is 51.3 Å². The predicted octanol–water partition coefficient (Wildman–Crippen LogP) is 10.1. The maximum absolute atomic E-state index is 17.0. The number of carbonyl (C=O) groups excluding carboxylic acids is 3. The number of halogens is 4. The Balaban J connectivity index is 1.01. The summed E-state index contributed by atoms with van der Waals surface area (Å²) >= 11 is 0. The van der Waals surface area contributed by atoms with Gasteiger partial charge < -0.3 is 49.1 Å². The van der Waals surface area contributed by atoms with Gasteiger partial charge in [0.25, 0.3) is 0 Å². The Morgan fingerprint density at radius 3 is 2.01 bits per heavy atom. The number of nitrogens with one attached hydrogen (secondary N) is 3. The molecular weight excluding hydrogens is 971 g/mol. The van der Waals surface area contributed by atoms with Crippen molar-refractivity contribution in [1.29, 1.82) is 0 Å². The average molecular weight is 1040 g/mol. The molecule has 6 aromatic rings. The number of aromatic nitrogens is 4. The van der Waals surface area contributed by atoms with E-state index in [-0.39, 0.29) is 65.7 Å². The molecule has 0 radical (unpaired) electrons. The van der Waals surface area contributed by atoms with Crippen LogP contribution in [0.4, 0.5) is 33.7 Å². The maximum Gasteiger partial charge on any atom is 0.407 e. The van der Waals surface area contributed by atoms with Crippen LogP contribution in [-0.4, -0.2) is 113 Å². The van der Waals surface area contributed by atoms with Gasteiger partial charge in [0.05, 0.1) is 71.5 Å². The number of hydrogen-bond donors (Lipinski definition) is 3. The number of carbonyl (C=O) groups is 3. The molecule has 0 spiro atoms. The molecule has 10 rings (SSSR count). The standard InChI is InChI=1S/C56H65F4N9O6/c1-31(73-4)24-49(70)67-20-10-14-48(67)52-61-42-27-36(38(57)29-44(42)62-52)46-15-16-47(69(46)35-25-40(59)51(41(60)26-35)66-22-17-34(18-23-66)33-12-8-7-9-13-33)37-28-43-45(30-39(37)58)64-54(63-43)56(3)19-11-21-68(56)53(71)50(32(2)74-5)65-55(72)75-6/h7-9,12-13,25-32,34,46-48,50H,10-11,14-24H2,1-6H3,(H,61,62)(H,63,64)(H,65,72)/t31-,32-,46-,47-,48+,50+,56-/m1/s1. The van der Waals surface area contributed by atoms with Gasteiger partial charge in [0.15, 0.2) is 11.6 Å². The van der Waals surface area contributed by atoms with E-state index in [1.165, 1.54) is 44.0 Å². The third kappa shape index (κ3) is 9.77. The number of nitrogens with zero attached hydrogens (tertiary/aromatic N) is 6. The molecule has 6 heterocycles. The highest BCUT2D eigenvalue weighted by Gasteiger charge is 2.47. The average Bonchev–Trinajstić information content (AvgIpc) is 4.28. The van der Waals surface area contributed by atoms with Crippen molar-refractivity contribution in [2.75, 3.05) is 57.3 Å². The van der Waals surface area contributed by atoms with E-state index in [0.29, 0.717) is 92.0 Å². The number of anilines is 2. The van der Waals surface area contributed by atoms with Crippen LogP contribution in [0.1, 0.15) is 131 Å². The van der Waals surface area contributed by atoms with Crippen LogP contribution < -0.4 is 15.1 Å². The SMILES string of the molecule is COC(=O)N[C@H](C(=O)N1CCC[C@]1(C)c1nc2cc(F)c([C@H]3CC[C@H](c4cc5[nH]c([C@@H]6CCCN6C(=O)C[C@@H](C)OC)nc5cc4F)N3c3cc(F)c(N4CCC(c5ccccc5)CC4)c(F)c3)cc2[nH]1)[C@@H](C)OC. The van der Waals surface area contributed by atoms with Gasteiger partial charge in [-0.25, -0.2) is 32.3 Å². The zero-order valence-electron chi connectivity index (χ0n) is 43.2. The number of rotatable bonds is 14. The minimum absolute atomic E-state index is 0.0636. The number of hydrogen-bond acceptors (Lipinski definition) is 10. The molecule has 0 aliphatic carbocycles. The van der Waals surface area contributed by atoms with Gasteiger partial charge in [-0.2, -0.15) is 0 Å². The van der Waals surface area contributed by atoms with Gasteiger partial charge in [0.1, 0.15) is 35.0 Å². The summed E-state index contributed by atoms with van der Waals surface area (Å²) in [5.74, 6) is -2.05. The zero-order chi connectivity index (χ0) is 52.9. The lowest BCUT2D eigenvalue weighted by atomic mass is 9.89. The largest absolute Gasteiger partial charge is 0.453 e. The first-order chi connectivity index (χ1) is 36.1. The van der Waals surface area contributed by atoms with Crippen molar-refractivity contribution in [3.8, 4) is 0 Å². The molecule has 2 aromatic heterocycles. The Bertz CT molecular complexity index is 3070. The van der Waals surface area contributed by atoms with Gasteiger partial charge in [0.2, 0.25) is 11.8 Å². The summed E-state index contributed by atoms with van der Waals surface area (Å²) in [5, 5.41) is 2.60. The Morgan fingerprint density at radius 2 is 1.39 bits per heavy atom. The number of amides is 3. The first kappa shape index (κ1) is 51.7. The molecule has 15 nitrogen and oxygen atoms in total.